The molecular weight excluding hydrogens is 630 g/mol. The third-order valence-corrected chi connectivity index (χ3v) is 9.97. The van der Waals surface area contributed by atoms with Crippen molar-refractivity contribution < 1.29 is 32.2 Å². The molecule has 5 rings (SSSR count). The summed E-state index contributed by atoms with van der Waals surface area (Å²) in [4.78, 5) is 30.2. The van der Waals surface area contributed by atoms with Crippen LogP contribution in [0.3, 0.4) is 0 Å². The van der Waals surface area contributed by atoms with Crippen LogP contribution in [-0.4, -0.2) is 64.1 Å². The van der Waals surface area contributed by atoms with Crippen LogP contribution in [0.15, 0.2) is 108 Å². The number of nitrogens with zero attached hydrogens (tertiary/aromatic N) is 2. The molecule has 11 heteroatoms. The van der Waals surface area contributed by atoms with E-state index in [1.165, 1.54) is 17.0 Å². The average Bonchev–Trinajstić information content (AvgIpc) is 3.12. The quantitative estimate of drug-likeness (QED) is 0.196. The van der Waals surface area contributed by atoms with E-state index >= 15 is 0 Å². The van der Waals surface area contributed by atoms with E-state index in [1.807, 2.05) is 56.3 Å². The summed E-state index contributed by atoms with van der Waals surface area (Å²) >= 11 is 0. The maximum Gasteiger partial charge on any atom is 0.264 e. The molecule has 0 fully saturated rings. The fraction of sp³-hybridized carbons (Fsp3) is 0.297. The molecule has 0 saturated heterocycles. The molecule has 1 aliphatic rings. The van der Waals surface area contributed by atoms with Crippen molar-refractivity contribution in [3.8, 4) is 17.2 Å². The predicted molar refractivity (Wildman–Crippen MR) is 184 cm³/mol. The molecule has 4 aromatic rings. The highest BCUT2D eigenvalue weighted by atomic mass is 32.2. The van der Waals surface area contributed by atoms with Gasteiger partial charge in [-0.1, -0.05) is 67.6 Å². The highest BCUT2D eigenvalue weighted by Gasteiger charge is 2.35. The van der Waals surface area contributed by atoms with Crippen LogP contribution in [0.4, 0.5) is 5.69 Å². The van der Waals surface area contributed by atoms with Gasteiger partial charge < -0.3 is 24.4 Å². The fourth-order valence-corrected chi connectivity index (χ4v) is 6.83. The standard InChI is InChI=1S/C37H41N3O7S/c1-4-27(2)38-37(42)33(23-28-12-7-5-8-13-28)39(25-29-14-11-15-31(22-29)45-3)36(41)26-40(48(43,44)32-16-9-6-10-17-32)30-18-19-34-35(24-30)47-21-20-46-34/h5-19,22,24,27,33H,4,20-21,23,25-26H2,1-3H3,(H,38,42)/t27-,33-/m1/s1. The Bertz CT molecular complexity index is 1800. The number of carbonyl (C=O) groups is 2. The minimum atomic E-state index is -4.25. The summed E-state index contributed by atoms with van der Waals surface area (Å²) in [5.41, 5.74) is 1.79. The van der Waals surface area contributed by atoms with Gasteiger partial charge in [-0.3, -0.25) is 13.9 Å². The molecule has 0 radical (unpaired) electrons. The maximum atomic E-state index is 14.7. The van der Waals surface area contributed by atoms with Gasteiger partial charge in [-0.15, -0.1) is 0 Å². The molecule has 4 aromatic carbocycles. The lowest BCUT2D eigenvalue weighted by atomic mass is 10.0. The van der Waals surface area contributed by atoms with Crippen molar-refractivity contribution in [1.29, 1.82) is 0 Å². The smallest absolute Gasteiger partial charge is 0.264 e. The van der Waals surface area contributed by atoms with Crippen LogP contribution in [0.1, 0.15) is 31.4 Å². The Balaban J connectivity index is 1.59. The number of anilines is 1. The third kappa shape index (κ3) is 8.27. The Labute approximate surface area is 282 Å². The number of methoxy groups -OCH3 is 1. The molecule has 1 N–H and O–H groups in total. The monoisotopic (exact) mass is 671 g/mol. The van der Waals surface area contributed by atoms with E-state index in [0.29, 0.717) is 42.4 Å². The van der Waals surface area contributed by atoms with Crippen molar-refractivity contribution in [2.45, 2.75) is 50.2 Å². The molecule has 0 aliphatic carbocycles. The van der Waals surface area contributed by atoms with E-state index in [0.717, 1.165) is 9.87 Å². The van der Waals surface area contributed by atoms with Crippen LogP contribution in [0.25, 0.3) is 0 Å². The van der Waals surface area contributed by atoms with Gasteiger partial charge in [0.2, 0.25) is 11.8 Å². The SMILES string of the molecule is CC[C@@H](C)NC(=O)[C@@H](Cc1ccccc1)N(Cc1cccc(OC)c1)C(=O)CN(c1ccc2c(c1)OCCO2)S(=O)(=O)c1ccccc1. The van der Waals surface area contributed by atoms with E-state index < -0.39 is 28.5 Å². The Hall–Kier alpha value is -5.03. The van der Waals surface area contributed by atoms with Crippen molar-refractivity contribution in [1.82, 2.24) is 10.2 Å². The summed E-state index contributed by atoms with van der Waals surface area (Å²) in [5.74, 6) is 0.557. The Morgan fingerprint density at radius 1 is 0.854 bits per heavy atom. The van der Waals surface area contributed by atoms with E-state index in [1.54, 1.807) is 55.6 Å². The second-order valence-corrected chi connectivity index (χ2v) is 13.4. The summed E-state index contributed by atoms with van der Waals surface area (Å²) in [6.45, 7) is 4.00. The number of hydrogen-bond donors (Lipinski definition) is 1. The number of amides is 2. The molecule has 0 spiro atoms. The number of sulfonamides is 1. The van der Waals surface area contributed by atoms with Gasteiger partial charge in [-0.05, 0) is 60.9 Å². The number of hydrogen-bond acceptors (Lipinski definition) is 7. The lowest BCUT2D eigenvalue weighted by molar-refractivity contribution is -0.140. The molecule has 0 saturated carbocycles. The molecule has 252 valence electrons. The van der Waals surface area contributed by atoms with E-state index in [9.17, 15) is 18.0 Å². The molecule has 10 nitrogen and oxygen atoms in total. The Morgan fingerprint density at radius 3 is 2.21 bits per heavy atom. The third-order valence-electron chi connectivity index (χ3n) is 8.18. The number of ether oxygens (including phenoxy) is 3. The van der Waals surface area contributed by atoms with E-state index in [-0.39, 0.29) is 35.5 Å². The molecule has 0 aromatic heterocycles. The van der Waals surface area contributed by atoms with Crippen molar-refractivity contribution in [3.05, 3.63) is 114 Å². The lowest BCUT2D eigenvalue weighted by Gasteiger charge is -2.34. The number of nitrogens with one attached hydrogen (secondary N) is 1. The van der Waals surface area contributed by atoms with Gasteiger partial charge in [0.1, 0.15) is 31.5 Å². The lowest BCUT2D eigenvalue weighted by Crippen LogP contribution is -2.54. The van der Waals surface area contributed by atoms with Gasteiger partial charge in [-0.25, -0.2) is 8.42 Å². The minimum Gasteiger partial charge on any atom is -0.497 e. The van der Waals surface area contributed by atoms with Crippen LogP contribution >= 0.6 is 0 Å². The van der Waals surface area contributed by atoms with Crippen LogP contribution < -0.4 is 23.8 Å². The zero-order valence-corrected chi connectivity index (χ0v) is 28.2. The Morgan fingerprint density at radius 2 is 1.52 bits per heavy atom. The normalized spacial score (nSPS) is 13.6. The summed E-state index contributed by atoms with van der Waals surface area (Å²) in [7, 11) is -2.70. The molecule has 2 atom stereocenters. The first-order valence-electron chi connectivity index (χ1n) is 15.9. The van der Waals surface area contributed by atoms with Crippen molar-refractivity contribution in [2.75, 3.05) is 31.2 Å². The molecule has 0 unspecified atom stereocenters. The van der Waals surface area contributed by atoms with Crippen molar-refractivity contribution in [2.24, 2.45) is 0 Å². The number of rotatable bonds is 14. The van der Waals surface area contributed by atoms with Crippen LogP contribution in [0, 0.1) is 0 Å². The molecule has 2 amide bonds. The molecule has 1 aliphatic heterocycles. The molecule has 1 heterocycles. The van der Waals surface area contributed by atoms with Gasteiger partial charge in [0.25, 0.3) is 10.0 Å². The zero-order valence-electron chi connectivity index (χ0n) is 27.4. The van der Waals surface area contributed by atoms with Crippen molar-refractivity contribution in [3.63, 3.8) is 0 Å². The first kappa shape index (κ1) is 34.3. The highest BCUT2D eigenvalue weighted by molar-refractivity contribution is 7.92. The number of fused-ring (bicyclic) bond motifs is 1. The maximum absolute atomic E-state index is 14.7. The van der Waals surface area contributed by atoms with Gasteiger partial charge >= 0.3 is 0 Å². The molecule has 0 bridgehead atoms. The van der Waals surface area contributed by atoms with E-state index in [4.69, 9.17) is 14.2 Å². The number of benzene rings is 4. The molecular formula is C37H41N3O7S. The summed E-state index contributed by atoms with van der Waals surface area (Å²) in [5, 5.41) is 3.05. The first-order chi connectivity index (χ1) is 23.2. The van der Waals surface area contributed by atoms with Crippen LogP contribution in [-0.2, 0) is 32.6 Å². The molecule has 48 heavy (non-hydrogen) atoms. The predicted octanol–water partition coefficient (Wildman–Crippen LogP) is 5.22. The first-order valence-corrected chi connectivity index (χ1v) is 17.4. The van der Waals surface area contributed by atoms with Crippen LogP contribution in [0.5, 0.6) is 17.2 Å². The van der Waals surface area contributed by atoms with Gasteiger partial charge in [0.05, 0.1) is 17.7 Å². The van der Waals surface area contributed by atoms with Gasteiger partial charge in [0.15, 0.2) is 11.5 Å². The number of carbonyl (C=O) groups excluding carboxylic acids is 2. The van der Waals surface area contributed by atoms with Crippen molar-refractivity contribution >= 4 is 27.5 Å². The summed E-state index contributed by atoms with van der Waals surface area (Å²) in [6.07, 6.45) is 0.912. The van der Waals surface area contributed by atoms with Crippen LogP contribution in [0.2, 0.25) is 0 Å². The second kappa shape index (κ2) is 15.7. The van der Waals surface area contributed by atoms with E-state index in [2.05, 4.69) is 5.32 Å². The fourth-order valence-electron chi connectivity index (χ4n) is 5.40. The summed E-state index contributed by atoms with van der Waals surface area (Å²) < 4.78 is 46.5. The Kier molecular flexibility index (Phi) is 11.2. The zero-order chi connectivity index (χ0) is 34.1. The minimum absolute atomic E-state index is 0.0161. The topological polar surface area (TPSA) is 114 Å². The largest absolute Gasteiger partial charge is 0.497 e. The highest BCUT2D eigenvalue weighted by Crippen LogP contribution is 2.36. The average molecular weight is 672 g/mol. The van der Waals surface area contributed by atoms with Gasteiger partial charge in [0, 0.05) is 25.1 Å². The second-order valence-electron chi connectivity index (χ2n) is 11.5. The van der Waals surface area contributed by atoms with Gasteiger partial charge in [-0.2, -0.15) is 0 Å². The summed E-state index contributed by atoms with van der Waals surface area (Å²) in [6, 6.07) is 28.3.